The fourth-order valence-electron chi connectivity index (χ4n) is 1.89. The number of aromatic nitrogens is 2. The molecule has 0 spiro atoms. The van der Waals surface area contributed by atoms with Gasteiger partial charge in [-0.25, -0.2) is 15.8 Å². The Kier molecular flexibility index (Phi) is 4.42. The maximum absolute atomic E-state index is 6.18. The summed E-state index contributed by atoms with van der Waals surface area (Å²) in [6.07, 6.45) is 1.40. The van der Waals surface area contributed by atoms with E-state index in [1.165, 1.54) is 6.33 Å². The summed E-state index contributed by atoms with van der Waals surface area (Å²) in [5, 5.41) is 0.542. The lowest BCUT2D eigenvalue weighted by molar-refractivity contribution is 0.452. The van der Waals surface area contributed by atoms with Crippen molar-refractivity contribution in [1.29, 1.82) is 0 Å². The summed E-state index contributed by atoms with van der Waals surface area (Å²) >= 11 is 6.18. The third-order valence-electron chi connectivity index (χ3n) is 2.86. The summed E-state index contributed by atoms with van der Waals surface area (Å²) in [7, 11) is 0. The van der Waals surface area contributed by atoms with E-state index in [0.29, 0.717) is 22.5 Å². The van der Waals surface area contributed by atoms with Crippen LogP contribution in [0.15, 0.2) is 24.5 Å². The molecule has 0 saturated carbocycles. The number of rotatable bonds is 4. The summed E-state index contributed by atoms with van der Waals surface area (Å²) in [6.45, 7) is 6.00. The van der Waals surface area contributed by atoms with Crippen LogP contribution in [-0.4, -0.2) is 9.97 Å². The molecule has 0 fully saturated rings. The number of hydrogen-bond acceptors (Lipinski definition) is 5. The molecule has 0 unspecified atom stereocenters. The van der Waals surface area contributed by atoms with Crippen molar-refractivity contribution in [3.05, 3.63) is 40.7 Å². The van der Waals surface area contributed by atoms with Crippen molar-refractivity contribution in [3.8, 4) is 11.6 Å². The van der Waals surface area contributed by atoms with Crippen molar-refractivity contribution < 1.29 is 4.74 Å². The Morgan fingerprint density at radius 3 is 2.65 bits per heavy atom. The Balaban J connectivity index is 2.43. The number of aryl methyl sites for hydroxylation is 1. The van der Waals surface area contributed by atoms with E-state index in [2.05, 4.69) is 15.4 Å². The van der Waals surface area contributed by atoms with Gasteiger partial charge in [0, 0.05) is 0 Å². The van der Waals surface area contributed by atoms with Crippen LogP contribution >= 0.6 is 11.6 Å². The summed E-state index contributed by atoms with van der Waals surface area (Å²) in [6, 6.07) is 5.59. The number of nitrogens with two attached hydrogens (primary N) is 1. The SMILES string of the molecule is Cc1ccc(Oc2ncnc(NN)c2C(C)C)c(Cl)c1. The van der Waals surface area contributed by atoms with Crippen LogP contribution in [0.3, 0.4) is 0 Å². The fourth-order valence-corrected chi connectivity index (χ4v) is 2.16. The van der Waals surface area contributed by atoms with Gasteiger partial charge in [0.25, 0.3) is 0 Å². The van der Waals surface area contributed by atoms with Crippen molar-refractivity contribution in [2.24, 2.45) is 5.84 Å². The molecule has 1 aromatic heterocycles. The zero-order valence-corrected chi connectivity index (χ0v) is 12.4. The molecule has 0 amide bonds. The Bertz CT molecular complexity index is 616. The quantitative estimate of drug-likeness (QED) is 0.665. The van der Waals surface area contributed by atoms with Gasteiger partial charge in [-0.3, -0.25) is 0 Å². The molecule has 2 aromatic rings. The van der Waals surface area contributed by atoms with Crippen molar-refractivity contribution >= 4 is 17.4 Å². The van der Waals surface area contributed by atoms with Gasteiger partial charge in [-0.2, -0.15) is 0 Å². The minimum atomic E-state index is 0.154. The number of nitrogens with one attached hydrogen (secondary N) is 1. The molecule has 2 rings (SSSR count). The molecule has 0 atom stereocenters. The van der Waals surface area contributed by atoms with Gasteiger partial charge < -0.3 is 10.2 Å². The third kappa shape index (κ3) is 3.00. The second kappa shape index (κ2) is 6.07. The van der Waals surface area contributed by atoms with Crippen LogP contribution in [0, 0.1) is 6.92 Å². The van der Waals surface area contributed by atoms with Gasteiger partial charge in [-0.05, 0) is 30.5 Å². The molecule has 3 N–H and O–H groups in total. The molecule has 0 aliphatic carbocycles. The smallest absolute Gasteiger partial charge is 0.228 e. The maximum atomic E-state index is 6.18. The summed E-state index contributed by atoms with van der Waals surface area (Å²) in [5.41, 5.74) is 4.44. The van der Waals surface area contributed by atoms with E-state index in [-0.39, 0.29) is 5.92 Å². The molecule has 0 aliphatic heterocycles. The lowest BCUT2D eigenvalue weighted by Gasteiger charge is -2.16. The first kappa shape index (κ1) is 14.6. The van der Waals surface area contributed by atoms with E-state index < -0.39 is 0 Å². The molecule has 0 radical (unpaired) electrons. The highest BCUT2D eigenvalue weighted by Gasteiger charge is 2.17. The summed E-state index contributed by atoms with van der Waals surface area (Å²) in [4.78, 5) is 8.28. The molecular weight excluding hydrogens is 276 g/mol. The third-order valence-corrected chi connectivity index (χ3v) is 3.15. The molecule has 0 aliphatic rings. The number of hydrazine groups is 1. The largest absolute Gasteiger partial charge is 0.437 e. The number of benzene rings is 1. The number of nitrogen functional groups attached to an aromatic ring is 1. The van der Waals surface area contributed by atoms with Crippen molar-refractivity contribution in [2.75, 3.05) is 5.43 Å². The molecule has 0 saturated heterocycles. The van der Waals surface area contributed by atoms with Gasteiger partial charge in [0.15, 0.2) is 5.82 Å². The number of anilines is 1. The Morgan fingerprint density at radius 1 is 1.30 bits per heavy atom. The highest BCUT2D eigenvalue weighted by atomic mass is 35.5. The zero-order chi connectivity index (χ0) is 14.7. The lowest BCUT2D eigenvalue weighted by Crippen LogP contribution is -2.13. The number of hydrogen-bond donors (Lipinski definition) is 2. The van der Waals surface area contributed by atoms with Crippen molar-refractivity contribution in [3.63, 3.8) is 0 Å². The predicted molar refractivity (Wildman–Crippen MR) is 80.2 cm³/mol. The van der Waals surface area contributed by atoms with Crippen molar-refractivity contribution in [1.82, 2.24) is 9.97 Å². The number of ether oxygens (including phenoxy) is 1. The predicted octanol–water partition coefficient (Wildman–Crippen LogP) is 3.64. The van der Waals surface area contributed by atoms with E-state index in [9.17, 15) is 0 Å². The van der Waals surface area contributed by atoms with Gasteiger partial charge in [-0.1, -0.05) is 31.5 Å². The van der Waals surface area contributed by atoms with Crippen LogP contribution in [-0.2, 0) is 0 Å². The first-order valence-corrected chi connectivity index (χ1v) is 6.66. The Labute approximate surface area is 123 Å². The topological polar surface area (TPSA) is 73.1 Å². The van der Waals surface area contributed by atoms with Crippen LogP contribution in [0.2, 0.25) is 5.02 Å². The molecule has 5 nitrogen and oxygen atoms in total. The molecule has 20 heavy (non-hydrogen) atoms. The first-order valence-electron chi connectivity index (χ1n) is 6.28. The molecule has 0 bridgehead atoms. The molecule has 6 heteroatoms. The monoisotopic (exact) mass is 292 g/mol. The normalized spacial score (nSPS) is 10.7. The molecule has 1 heterocycles. The maximum Gasteiger partial charge on any atom is 0.228 e. The first-order chi connectivity index (χ1) is 9.52. The standard InChI is InChI=1S/C14H17ClN4O/c1-8(2)12-13(19-16)17-7-18-14(12)20-11-5-4-9(3)6-10(11)15/h4-8H,16H2,1-3H3,(H,17,18,19). The van der Waals surface area contributed by atoms with Crippen molar-refractivity contribution in [2.45, 2.75) is 26.7 Å². The Morgan fingerprint density at radius 2 is 2.05 bits per heavy atom. The van der Waals surface area contributed by atoms with Gasteiger partial charge in [0.1, 0.15) is 12.1 Å². The molecule has 1 aromatic carbocycles. The minimum Gasteiger partial charge on any atom is -0.437 e. The van der Waals surface area contributed by atoms with E-state index in [1.54, 1.807) is 0 Å². The average Bonchev–Trinajstić information content (AvgIpc) is 2.41. The van der Waals surface area contributed by atoms with Gasteiger partial charge in [0.2, 0.25) is 5.88 Å². The highest BCUT2D eigenvalue weighted by Crippen LogP contribution is 2.35. The average molecular weight is 293 g/mol. The van der Waals surface area contributed by atoms with Gasteiger partial charge in [0.05, 0.1) is 10.6 Å². The number of nitrogens with zero attached hydrogens (tertiary/aromatic N) is 2. The fraction of sp³-hybridized carbons (Fsp3) is 0.286. The zero-order valence-electron chi connectivity index (χ0n) is 11.6. The molecule has 106 valence electrons. The van der Waals surface area contributed by atoms with Crippen LogP contribution in [0.5, 0.6) is 11.6 Å². The van der Waals surface area contributed by atoms with Gasteiger partial charge >= 0.3 is 0 Å². The van der Waals surface area contributed by atoms with Crippen LogP contribution in [0.1, 0.15) is 30.9 Å². The second-order valence-electron chi connectivity index (χ2n) is 4.78. The number of halogens is 1. The van der Waals surface area contributed by atoms with Crippen LogP contribution in [0.25, 0.3) is 0 Å². The summed E-state index contributed by atoms with van der Waals surface area (Å²) < 4.78 is 5.82. The van der Waals surface area contributed by atoms with E-state index in [0.717, 1.165) is 11.1 Å². The van der Waals surface area contributed by atoms with E-state index >= 15 is 0 Å². The van der Waals surface area contributed by atoms with Crippen LogP contribution < -0.4 is 16.0 Å². The van der Waals surface area contributed by atoms with E-state index in [4.69, 9.17) is 22.2 Å². The second-order valence-corrected chi connectivity index (χ2v) is 5.18. The van der Waals surface area contributed by atoms with Crippen LogP contribution in [0.4, 0.5) is 5.82 Å². The lowest BCUT2D eigenvalue weighted by atomic mass is 10.1. The molecular formula is C14H17ClN4O. The Hall–Kier alpha value is -1.85. The van der Waals surface area contributed by atoms with E-state index in [1.807, 2.05) is 39.0 Å². The minimum absolute atomic E-state index is 0.154. The highest BCUT2D eigenvalue weighted by molar-refractivity contribution is 6.32. The van der Waals surface area contributed by atoms with Gasteiger partial charge in [-0.15, -0.1) is 0 Å². The summed E-state index contributed by atoms with van der Waals surface area (Å²) in [5.74, 6) is 7.19.